The van der Waals surface area contributed by atoms with E-state index in [0.717, 1.165) is 18.4 Å². The molecule has 0 spiro atoms. The maximum Gasteiger partial charge on any atom is 0.328 e. The van der Waals surface area contributed by atoms with E-state index in [0.29, 0.717) is 28.5 Å². The van der Waals surface area contributed by atoms with Gasteiger partial charge in [-0.05, 0) is 41.9 Å². The van der Waals surface area contributed by atoms with Gasteiger partial charge in [0.05, 0.1) is 6.10 Å². The van der Waals surface area contributed by atoms with Crippen molar-refractivity contribution in [2.24, 2.45) is 11.3 Å². The highest BCUT2D eigenvalue weighted by atomic mass is 35.5. The second-order valence-corrected chi connectivity index (χ2v) is 6.78. The van der Waals surface area contributed by atoms with Gasteiger partial charge in [0.25, 0.3) is 0 Å². The predicted octanol–water partition coefficient (Wildman–Crippen LogP) is 3.52. The van der Waals surface area contributed by atoms with E-state index in [1.807, 2.05) is 24.3 Å². The number of benzene rings is 1. The summed E-state index contributed by atoms with van der Waals surface area (Å²) in [6.45, 7) is 4.49. The second-order valence-electron chi connectivity index (χ2n) is 6.34. The van der Waals surface area contributed by atoms with Crippen LogP contribution in [0.5, 0.6) is 0 Å². The summed E-state index contributed by atoms with van der Waals surface area (Å²) in [5, 5.41) is 26.5. The van der Waals surface area contributed by atoms with Crippen LogP contribution >= 0.6 is 11.6 Å². The predicted molar refractivity (Wildman–Crippen MR) is 87.3 cm³/mol. The molecule has 1 saturated carbocycles. The number of carboxylic acids is 2. The lowest BCUT2D eigenvalue weighted by Gasteiger charge is -2.45. The van der Waals surface area contributed by atoms with Crippen LogP contribution in [0.15, 0.2) is 36.4 Å². The normalized spacial score (nSPS) is 17.7. The summed E-state index contributed by atoms with van der Waals surface area (Å²) in [4.78, 5) is 19.1. The highest BCUT2D eigenvalue weighted by molar-refractivity contribution is 6.30. The number of carboxylic acid groups (broad SMARTS) is 2. The van der Waals surface area contributed by atoms with Crippen molar-refractivity contribution in [3.05, 3.63) is 47.0 Å². The van der Waals surface area contributed by atoms with Gasteiger partial charge in [0.2, 0.25) is 0 Å². The molecule has 1 aromatic rings. The third-order valence-electron chi connectivity index (χ3n) is 3.63. The smallest absolute Gasteiger partial charge is 0.328 e. The van der Waals surface area contributed by atoms with Crippen molar-refractivity contribution in [3.63, 3.8) is 0 Å². The van der Waals surface area contributed by atoms with E-state index in [2.05, 4.69) is 13.8 Å². The van der Waals surface area contributed by atoms with Crippen LogP contribution in [0.4, 0.5) is 0 Å². The number of aliphatic carboxylic acids is 2. The summed E-state index contributed by atoms with van der Waals surface area (Å²) >= 11 is 5.90. The van der Waals surface area contributed by atoms with Gasteiger partial charge in [-0.25, -0.2) is 9.59 Å². The largest absolute Gasteiger partial charge is 0.478 e. The molecule has 0 heterocycles. The zero-order chi connectivity index (χ0) is 17.6. The molecule has 0 aliphatic heterocycles. The fourth-order valence-corrected chi connectivity index (χ4v) is 2.89. The molecule has 1 aliphatic carbocycles. The molecule has 0 aromatic heterocycles. The molecule has 1 atom stereocenters. The minimum atomic E-state index is -1.26. The van der Waals surface area contributed by atoms with Crippen LogP contribution < -0.4 is 0 Å². The molecule has 3 N–H and O–H groups in total. The molecule has 1 aromatic carbocycles. The van der Waals surface area contributed by atoms with Crippen LogP contribution in [0.3, 0.4) is 0 Å². The molecule has 0 amide bonds. The molecule has 0 saturated heterocycles. The van der Waals surface area contributed by atoms with Crippen molar-refractivity contribution in [2.75, 3.05) is 0 Å². The Morgan fingerprint density at radius 3 is 2.13 bits per heavy atom. The lowest BCUT2D eigenvalue weighted by Crippen LogP contribution is -2.35. The molecule has 0 unspecified atom stereocenters. The fraction of sp³-hybridized carbons (Fsp3) is 0.412. The molecular weight excluding hydrogens is 320 g/mol. The van der Waals surface area contributed by atoms with Crippen LogP contribution in [0.2, 0.25) is 5.02 Å². The van der Waals surface area contributed by atoms with E-state index in [9.17, 15) is 14.7 Å². The van der Waals surface area contributed by atoms with Crippen molar-refractivity contribution < 1.29 is 24.9 Å². The molecule has 1 aliphatic rings. The Kier molecular flexibility index (Phi) is 6.79. The first-order valence-electron chi connectivity index (χ1n) is 7.18. The summed E-state index contributed by atoms with van der Waals surface area (Å²) < 4.78 is 0. The topological polar surface area (TPSA) is 94.8 Å². The number of hydrogen-bond acceptors (Lipinski definition) is 3. The number of hydrogen-bond donors (Lipinski definition) is 3. The number of aliphatic hydroxyl groups excluding tert-OH is 1. The highest BCUT2D eigenvalue weighted by Crippen LogP contribution is 2.50. The van der Waals surface area contributed by atoms with Crippen molar-refractivity contribution in [1.82, 2.24) is 0 Å². The summed E-state index contributed by atoms with van der Waals surface area (Å²) in [6.07, 6.45) is 2.96. The maximum atomic E-state index is 10.1. The first-order chi connectivity index (χ1) is 10.6. The minimum absolute atomic E-state index is 0.350. The van der Waals surface area contributed by atoms with Gasteiger partial charge in [-0.15, -0.1) is 0 Å². The Bertz CT molecular complexity index is 570. The fourth-order valence-electron chi connectivity index (χ4n) is 2.69. The summed E-state index contributed by atoms with van der Waals surface area (Å²) in [5.41, 5.74) is 1.35. The lowest BCUT2D eigenvalue weighted by atomic mass is 9.62. The second kappa shape index (κ2) is 8.13. The third kappa shape index (κ3) is 6.84. The monoisotopic (exact) mass is 340 g/mol. The Labute approximate surface area is 140 Å². The Hall–Kier alpha value is -1.85. The van der Waals surface area contributed by atoms with E-state index in [1.54, 1.807) is 0 Å². The number of aliphatic hydroxyl groups is 1. The van der Waals surface area contributed by atoms with Crippen molar-refractivity contribution in [1.29, 1.82) is 0 Å². The molecule has 0 radical (unpaired) electrons. The molecule has 2 rings (SSSR count). The van der Waals surface area contributed by atoms with Gasteiger partial charge in [-0.3, -0.25) is 0 Å². The van der Waals surface area contributed by atoms with Gasteiger partial charge in [-0.2, -0.15) is 0 Å². The molecular formula is C17H21ClO5. The van der Waals surface area contributed by atoms with E-state index in [1.165, 1.54) is 0 Å². The van der Waals surface area contributed by atoms with Gasteiger partial charge in [0.15, 0.2) is 0 Å². The van der Waals surface area contributed by atoms with Crippen molar-refractivity contribution in [3.8, 4) is 0 Å². The molecule has 23 heavy (non-hydrogen) atoms. The minimum Gasteiger partial charge on any atom is -0.478 e. The number of carbonyl (C=O) groups is 2. The third-order valence-corrected chi connectivity index (χ3v) is 3.87. The Morgan fingerprint density at radius 1 is 1.22 bits per heavy atom. The summed E-state index contributed by atoms with van der Waals surface area (Å²) in [7, 11) is 0. The van der Waals surface area contributed by atoms with Gasteiger partial charge in [-0.1, -0.05) is 37.6 Å². The Morgan fingerprint density at radius 2 is 1.74 bits per heavy atom. The van der Waals surface area contributed by atoms with Crippen molar-refractivity contribution in [2.45, 2.75) is 32.8 Å². The molecule has 5 nitrogen and oxygen atoms in total. The summed E-state index contributed by atoms with van der Waals surface area (Å²) in [5.74, 6) is -2.11. The number of rotatable bonds is 4. The highest BCUT2D eigenvalue weighted by Gasteiger charge is 2.40. The average Bonchev–Trinajstić information content (AvgIpc) is 2.42. The van der Waals surface area contributed by atoms with Crippen LogP contribution in [-0.2, 0) is 9.59 Å². The van der Waals surface area contributed by atoms with Crippen LogP contribution in [0.25, 0.3) is 0 Å². The van der Waals surface area contributed by atoms with Crippen LogP contribution in [0, 0.1) is 11.3 Å². The molecule has 126 valence electrons. The zero-order valence-corrected chi connectivity index (χ0v) is 13.8. The SMILES string of the molecule is CC1(C)CC([C@H](O)c2cccc(Cl)c2)C1.O=C(O)/C=C\C(=O)O. The molecule has 0 bridgehead atoms. The quantitative estimate of drug-likeness (QED) is 0.729. The van der Waals surface area contributed by atoms with E-state index in [-0.39, 0.29) is 6.10 Å². The lowest BCUT2D eigenvalue weighted by molar-refractivity contribution is -0.134. The van der Waals surface area contributed by atoms with E-state index in [4.69, 9.17) is 21.8 Å². The van der Waals surface area contributed by atoms with Gasteiger partial charge in [0.1, 0.15) is 0 Å². The standard InChI is InChI=1S/C13H17ClO.C4H4O4/c1-13(2)7-10(8-13)12(15)9-4-3-5-11(14)6-9;5-3(6)1-2-4(7)8/h3-6,10,12,15H,7-8H2,1-2H3;1-2H,(H,5,6)(H,7,8)/b;2-1-/t12-;/m1./s1. The van der Waals surface area contributed by atoms with E-state index < -0.39 is 11.9 Å². The zero-order valence-electron chi connectivity index (χ0n) is 13.1. The van der Waals surface area contributed by atoms with Crippen molar-refractivity contribution >= 4 is 23.5 Å². The first-order valence-corrected chi connectivity index (χ1v) is 7.56. The van der Waals surface area contributed by atoms with Crippen LogP contribution in [-0.4, -0.2) is 27.3 Å². The molecule has 6 heteroatoms. The van der Waals surface area contributed by atoms with E-state index >= 15 is 0 Å². The van der Waals surface area contributed by atoms with Gasteiger partial charge in [0, 0.05) is 17.2 Å². The Balaban J connectivity index is 0.000000284. The van der Waals surface area contributed by atoms with Gasteiger partial charge >= 0.3 is 11.9 Å². The number of halogens is 1. The summed E-state index contributed by atoms with van der Waals surface area (Å²) in [6, 6.07) is 7.53. The average molecular weight is 341 g/mol. The first kappa shape index (κ1) is 19.2. The molecule has 1 fully saturated rings. The van der Waals surface area contributed by atoms with Gasteiger partial charge < -0.3 is 15.3 Å². The van der Waals surface area contributed by atoms with Crippen LogP contribution in [0.1, 0.15) is 38.4 Å². The maximum absolute atomic E-state index is 10.1.